The average molecular weight is 316 g/mol. The van der Waals surface area contributed by atoms with Gasteiger partial charge in [-0.2, -0.15) is 0 Å². The molecule has 0 saturated heterocycles. The molecule has 1 nitrogen and oxygen atoms in total. The Balaban J connectivity index is 1.77. The highest BCUT2D eigenvalue weighted by atomic mass is 35.5. The van der Waals surface area contributed by atoms with Gasteiger partial charge in [0.25, 0.3) is 0 Å². The summed E-state index contributed by atoms with van der Waals surface area (Å²) in [6, 6.07) is 17.1. The Morgan fingerprint density at radius 2 is 1.81 bits per heavy atom. The molecule has 0 saturated carbocycles. The summed E-state index contributed by atoms with van der Waals surface area (Å²) in [5.74, 6) is 0. The standard InChI is InChI=1S/C18H18ClNS/c1-12-7-3-4-8-14(12)13(2)20-11-17-18(19)15-9-5-6-10-16(15)21-17/h3-10,13,20H,11H2,1-2H3/t13-/m1/s1. The van der Waals surface area contributed by atoms with E-state index in [1.54, 1.807) is 11.3 Å². The second kappa shape index (κ2) is 6.18. The highest BCUT2D eigenvalue weighted by molar-refractivity contribution is 7.19. The van der Waals surface area contributed by atoms with Crippen LogP contribution in [0.15, 0.2) is 48.5 Å². The van der Waals surface area contributed by atoms with Crippen LogP contribution >= 0.6 is 22.9 Å². The van der Waals surface area contributed by atoms with Crippen LogP contribution < -0.4 is 5.32 Å². The lowest BCUT2D eigenvalue weighted by molar-refractivity contribution is 0.576. The summed E-state index contributed by atoms with van der Waals surface area (Å²) in [6.07, 6.45) is 0. The minimum atomic E-state index is 0.312. The zero-order valence-corrected chi connectivity index (χ0v) is 13.8. The summed E-state index contributed by atoms with van der Waals surface area (Å²) >= 11 is 8.26. The van der Waals surface area contributed by atoms with E-state index in [0.717, 1.165) is 17.0 Å². The lowest BCUT2D eigenvalue weighted by Crippen LogP contribution is -2.18. The van der Waals surface area contributed by atoms with Gasteiger partial charge in [-0.05, 0) is 31.0 Å². The lowest BCUT2D eigenvalue weighted by atomic mass is 10.0. The number of aryl methyl sites for hydroxylation is 1. The summed E-state index contributed by atoms with van der Waals surface area (Å²) in [6.45, 7) is 5.15. The predicted molar refractivity (Wildman–Crippen MR) is 93.3 cm³/mol. The lowest BCUT2D eigenvalue weighted by Gasteiger charge is -2.16. The van der Waals surface area contributed by atoms with E-state index in [4.69, 9.17) is 11.6 Å². The van der Waals surface area contributed by atoms with Gasteiger partial charge in [0.15, 0.2) is 0 Å². The first-order valence-corrected chi connectivity index (χ1v) is 8.31. The van der Waals surface area contributed by atoms with Crippen LogP contribution in [0, 0.1) is 6.92 Å². The molecule has 3 rings (SSSR count). The molecule has 0 aliphatic rings. The van der Waals surface area contributed by atoms with Crippen LogP contribution in [0.25, 0.3) is 10.1 Å². The molecule has 0 bridgehead atoms. The fraction of sp³-hybridized carbons (Fsp3) is 0.222. The second-order valence-corrected chi connectivity index (χ2v) is 6.81. The van der Waals surface area contributed by atoms with E-state index in [-0.39, 0.29) is 0 Å². The Morgan fingerprint density at radius 1 is 1.10 bits per heavy atom. The number of thiophene rings is 1. The van der Waals surface area contributed by atoms with Crippen LogP contribution in [0.4, 0.5) is 0 Å². The maximum absolute atomic E-state index is 6.49. The van der Waals surface area contributed by atoms with Crippen LogP contribution in [0.1, 0.15) is 29.0 Å². The van der Waals surface area contributed by atoms with Crippen molar-refractivity contribution >= 4 is 33.0 Å². The normalized spacial score (nSPS) is 12.7. The maximum Gasteiger partial charge on any atom is 0.0636 e. The zero-order chi connectivity index (χ0) is 14.8. The molecular formula is C18H18ClNS. The van der Waals surface area contributed by atoms with E-state index in [9.17, 15) is 0 Å². The van der Waals surface area contributed by atoms with Gasteiger partial charge in [-0.3, -0.25) is 0 Å². The van der Waals surface area contributed by atoms with Crippen molar-refractivity contribution < 1.29 is 0 Å². The van der Waals surface area contributed by atoms with E-state index >= 15 is 0 Å². The molecule has 1 aromatic heterocycles. The van der Waals surface area contributed by atoms with E-state index in [0.29, 0.717) is 6.04 Å². The SMILES string of the molecule is Cc1ccccc1[C@@H](C)NCc1sc2ccccc2c1Cl. The fourth-order valence-electron chi connectivity index (χ4n) is 2.61. The third-order valence-corrected chi connectivity index (χ3v) is 5.54. The van der Waals surface area contributed by atoms with Crippen molar-refractivity contribution in [2.75, 3.05) is 0 Å². The van der Waals surface area contributed by atoms with Gasteiger partial charge in [-0.1, -0.05) is 54.1 Å². The number of halogens is 1. The summed E-state index contributed by atoms with van der Waals surface area (Å²) in [7, 11) is 0. The van der Waals surface area contributed by atoms with Crippen molar-refractivity contribution in [1.82, 2.24) is 5.32 Å². The molecule has 1 atom stereocenters. The molecule has 0 unspecified atom stereocenters. The third-order valence-electron chi connectivity index (χ3n) is 3.83. The van der Waals surface area contributed by atoms with Crippen molar-refractivity contribution in [1.29, 1.82) is 0 Å². The minimum Gasteiger partial charge on any atom is -0.305 e. The van der Waals surface area contributed by atoms with Crippen LogP contribution in [0.3, 0.4) is 0 Å². The molecule has 0 fully saturated rings. The Morgan fingerprint density at radius 3 is 2.57 bits per heavy atom. The topological polar surface area (TPSA) is 12.0 Å². The molecule has 0 aliphatic carbocycles. The molecule has 0 aliphatic heterocycles. The molecular weight excluding hydrogens is 298 g/mol. The second-order valence-electron chi connectivity index (χ2n) is 5.29. The highest BCUT2D eigenvalue weighted by Crippen LogP contribution is 2.35. The number of rotatable bonds is 4. The highest BCUT2D eigenvalue weighted by Gasteiger charge is 2.12. The summed E-state index contributed by atoms with van der Waals surface area (Å²) in [5, 5.41) is 5.63. The third kappa shape index (κ3) is 2.98. The van der Waals surface area contributed by atoms with Gasteiger partial charge in [-0.25, -0.2) is 0 Å². The van der Waals surface area contributed by atoms with Crippen molar-refractivity contribution in [3.63, 3.8) is 0 Å². The van der Waals surface area contributed by atoms with Gasteiger partial charge >= 0.3 is 0 Å². The largest absolute Gasteiger partial charge is 0.305 e. The number of nitrogens with one attached hydrogen (secondary N) is 1. The summed E-state index contributed by atoms with van der Waals surface area (Å²) in [4.78, 5) is 1.21. The first kappa shape index (κ1) is 14.6. The first-order valence-electron chi connectivity index (χ1n) is 7.11. The molecule has 0 amide bonds. The van der Waals surface area contributed by atoms with Crippen molar-refractivity contribution in [2.24, 2.45) is 0 Å². The summed E-state index contributed by atoms with van der Waals surface area (Å²) in [5.41, 5.74) is 2.66. The smallest absolute Gasteiger partial charge is 0.0636 e. The first-order chi connectivity index (χ1) is 10.2. The van der Waals surface area contributed by atoms with Gasteiger partial charge < -0.3 is 5.32 Å². The molecule has 3 heteroatoms. The van der Waals surface area contributed by atoms with Crippen LogP contribution in [0.5, 0.6) is 0 Å². The van der Waals surface area contributed by atoms with E-state index in [1.807, 2.05) is 6.07 Å². The molecule has 108 valence electrons. The number of fused-ring (bicyclic) bond motifs is 1. The van der Waals surface area contributed by atoms with E-state index < -0.39 is 0 Å². The Bertz CT molecular complexity index is 763. The van der Waals surface area contributed by atoms with Crippen molar-refractivity contribution in [3.8, 4) is 0 Å². The van der Waals surface area contributed by atoms with Crippen LogP contribution in [-0.4, -0.2) is 0 Å². The van der Waals surface area contributed by atoms with Gasteiger partial charge in [0.05, 0.1) is 5.02 Å². The van der Waals surface area contributed by atoms with Crippen LogP contribution in [0.2, 0.25) is 5.02 Å². The molecule has 1 heterocycles. The number of hydrogen-bond acceptors (Lipinski definition) is 2. The average Bonchev–Trinajstić information content (AvgIpc) is 2.82. The monoisotopic (exact) mass is 315 g/mol. The van der Waals surface area contributed by atoms with Gasteiger partial charge in [-0.15, -0.1) is 11.3 Å². The molecule has 1 N–H and O–H groups in total. The Labute approximate surface area is 134 Å². The van der Waals surface area contributed by atoms with Gasteiger partial charge in [0, 0.05) is 27.5 Å². The number of benzene rings is 2. The molecule has 21 heavy (non-hydrogen) atoms. The molecule has 0 radical (unpaired) electrons. The molecule has 2 aromatic carbocycles. The van der Waals surface area contributed by atoms with Crippen molar-refractivity contribution in [3.05, 3.63) is 69.6 Å². The van der Waals surface area contributed by atoms with Gasteiger partial charge in [0.2, 0.25) is 0 Å². The van der Waals surface area contributed by atoms with E-state index in [2.05, 4.69) is 61.6 Å². The Kier molecular flexibility index (Phi) is 4.29. The molecule has 3 aromatic rings. The summed E-state index contributed by atoms with van der Waals surface area (Å²) < 4.78 is 1.25. The minimum absolute atomic E-state index is 0.312. The van der Waals surface area contributed by atoms with Crippen LogP contribution in [-0.2, 0) is 6.54 Å². The van der Waals surface area contributed by atoms with Gasteiger partial charge in [0.1, 0.15) is 0 Å². The quantitative estimate of drug-likeness (QED) is 0.650. The predicted octanol–water partition coefficient (Wildman–Crippen LogP) is 5.71. The molecule has 0 spiro atoms. The fourth-order valence-corrected chi connectivity index (χ4v) is 4.06. The maximum atomic E-state index is 6.49. The number of hydrogen-bond donors (Lipinski definition) is 1. The van der Waals surface area contributed by atoms with E-state index in [1.165, 1.54) is 20.7 Å². The zero-order valence-electron chi connectivity index (χ0n) is 12.2. The Hall–Kier alpha value is -1.35. The van der Waals surface area contributed by atoms with Crippen molar-refractivity contribution in [2.45, 2.75) is 26.4 Å².